The van der Waals surface area contributed by atoms with Gasteiger partial charge in [-0.25, -0.2) is 4.39 Å². The molecule has 22 heavy (non-hydrogen) atoms. The molecular formula is C15H20ClFN4O. The number of halogens is 2. The Bertz CT molecular complexity index is 621. The van der Waals surface area contributed by atoms with Crippen LogP contribution in [0.25, 0.3) is 0 Å². The van der Waals surface area contributed by atoms with Crippen LogP contribution in [0.1, 0.15) is 36.2 Å². The highest BCUT2D eigenvalue weighted by atomic mass is 35.5. The van der Waals surface area contributed by atoms with Gasteiger partial charge in [-0.3, -0.25) is 4.90 Å². The number of piperazine rings is 1. The van der Waals surface area contributed by atoms with E-state index in [1.165, 1.54) is 12.1 Å². The van der Waals surface area contributed by atoms with E-state index in [1.807, 2.05) is 13.0 Å². The second-order valence-electron chi connectivity index (χ2n) is 5.47. The van der Waals surface area contributed by atoms with Crippen molar-refractivity contribution in [1.29, 1.82) is 0 Å². The van der Waals surface area contributed by atoms with Gasteiger partial charge in [-0.2, -0.15) is 4.98 Å². The number of nitrogens with one attached hydrogen (secondary N) is 1. The summed E-state index contributed by atoms with van der Waals surface area (Å²) in [6.07, 6.45) is 0. The van der Waals surface area contributed by atoms with Crippen molar-refractivity contribution < 1.29 is 8.91 Å². The largest absolute Gasteiger partial charge is 0.339 e. The first-order chi connectivity index (χ1) is 10.1. The molecule has 0 bridgehead atoms. The molecule has 120 valence electrons. The van der Waals surface area contributed by atoms with Gasteiger partial charge in [0.25, 0.3) is 0 Å². The fraction of sp³-hybridized carbons (Fsp3) is 0.467. The molecule has 0 radical (unpaired) electrons. The van der Waals surface area contributed by atoms with Gasteiger partial charge in [-0.1, -0.05) is 17.3 Å². The second kappa shape index (κ2) is 7.17. The predicted octanol–water partition coefficient (Wildman–Crippen LogP) is 2.36. The minimum Gasteiger partial charge on any atom is -0.339 e. The van der Waals surface area contributed by atoms with Gasteiger partial charge in [0.05, 0.1) is 12.0 Å². The van der Waals surface area contributed by atoms with Crippen LogP contribution in [-0.4, -0.2) is 41.7 Å². The Morgan fingerprint density at radius 1 is 1.45 bits per heavy atom. The molecule has 1 aliphatic rings. The molecule has 0 saturated carbocycles. The predicted molar refractivity (Wildman–Crippen MR) is 83.7 cm³/mol. The van der Waals surface area contributed by atoms with Gasteiger partial charge in [0.15, 0.2) is 5.82 Å². The summed E-state index contributed by atoms with van der Waals surface area (Å²) in [5, 5.41) is 7.43. The molecule has 1 aromatic carbocycles. The van der Waals surface area contributed by atoms with Gasteiger partial charge in [0, 0.05) is 19.6 Å². The molecule has 0 amide bonds. The molecule has 3 rings (SSSR count). The fourth-order valence-corrected chi connectivity index (χ4v) is 2.57. The third-order valence-corrected chi connectivity index (χ3v) is 3.99. The summed E-state index contributed by atoms with van der Waals surface area (Å²) in [6, 6.07) is 6.61. The number of benzene rings is 1. The van der Waals surface area contributed by atoms with Gasteiger partial charge in [-0.05, 0) is 31.7 Å². The fourth-order valence-electron chi connectivity index (χ4n) is 2.57. The maximum Gasteiger partial charge on any atom is 0.233 e. The van der Waals surface area contributed by atoms with E-state index >= 15 is 0 Å². The number of likely N-dealkylation sites (N-methyl/N-ethyl adjacent to an activating group) is 1. The van der Waals surface area contributed by atoms with Crippen LogP contribution < -0.4 is 5.32 Å². The third kappa shape index (κ3) is 3.45. The molecule has 7 heteroatoms. The van der Waals surface area contributed by atoms with Gasteiger partial charge < -0.3 is 9.84 Å². The summed E-state index contributed by atoms with van der Waals surface area (Å²) in [4.78, 5) is 6.71. The Hall–Kier alpha value is -1.50. The Balaban J connectivity index is 0.00000176. The van der Waals surface area contributed by atoms with E-state index in [9.17, 15) is 4.39 Å². The first kappa shape index (κ1) is 16.9. The Morgan fingerprint density at radius 3 is 3.00 bits per heavy atom. The normalized spacial score (nSPS) is 20.4. The summed E-state index contributed by atoms with van der Waals surface area (Å²) in [6.45, 7) is 4.67. The van der Waals surface area contributed by atoms with Crippen molar-refractivity contribution in [3.8, 4) is 0 Å². The van der Waals surface area contributed by atoms with E-state index in [4.69, 9.17) is 4.52 Å². The molecule has 0 aliphatic carbocycles. The number of hydrogen-bond donors (Lipinski definition) is 1. The minimum atomic E-state index is -0.254. The third-order valence-electron chi connectivity index (χ3n) is 3.99. The average molecular weight is 327 g/mol. The number of aromatic nitrogens is 2. The molecular weight excluding hydrogens is 307 g/mol. The summed E-state index contributed by atoms with van der Waals surface area (Å²) in [5.74, 6) is 0.830. The molecule has 2 unspecified atom stereocenters. The van der Waals surface area contributed by atoms with Crippen molar-refractivity contribution in [2.75, 3.05) is 26.7 Å². The van der Waals surface area contributed by atoms with E-state index < -0.39 is 0 Å². The Labute approximate surface area is 135 Å². The van der Waals surface area contributed by atoms with Crippen molar-refractivity contribution in [1.82, 2.24) is 20.4 Å². The lowest BCUT2D eigenvalue weighted by molar-refractivity contribution is 0.190. The highest BCUT2D eigenvalue weighted by Crippen LogP contribution is 2.25. The highest BCUT2D eigenvalue weighted by molar-refractivity contribution is 5.85. The molecule has 1 saturated heterocycles. The summed E-state index contributed by atoms with van der Waals surface area (Å²) < 4.78 is 18.7. The van der Waals surface area contributed by atoms with E-state index in [0.717, 1.165) is 25.2 Å². The van der Waals surface area contributed by atoms with Crippen LogP contribution in [0.2, 0.25) is 0 Å². The standard InChI is InChI=1S/C15H19FN4O.ClH/c1-10(11-4-3-5-12(16)8-11)15-18-14(19-21-15)13-9-17-6-7-20(13)2;/h3-5,8,10,13,17H,6-7,9H2,1-2H3;1H. The molecule has 1 aliphatic heterocycles. The molecule has 2 atom stereocenters. The van der Waals surface area contributed by atoms with E-state index in [-0.39, 0.29) is 30.2 Å². The lowest BCUT2D eigenvalue weighted by atomic mass is 10.0. The SMILES string of the molecule is CC(c1cccc(F)c1)c1nc(C2CNCCN2C)no1.Cl. The van der Waals surface area contributed by atoms with Gasteiger partial charge in [-0.15, -0.1) is 12.4 Å². The zero-order chi connectivity index (χ0) is 14.8. The van der Waals surface area contributed by atoms with Crippen molar-refractivity contribution in [3.63, 3.8) is 0 Å². The molecule has 0 spiro atoms. The van der Waals surface area contributed by atoms with Crippen LogP contribution in [0.5, 0.6) is 0 Å². The van der Waals surface area contributed by atoms with Crippen LogP contribution in [0, 0.1) is 5.82 Å². The number of hydrogen-bond acceptors (Lipinski definition) is 5. The van der Waals surface area contributed by atoms with Gasteiger partial charge in [0.2, 0.25) is 5.89 Å². The van der Waals surface area contributed by atoms with Crippen LogP contribution in [-0.2, 0) is 0 Å². The summed E-state index contributed by atoms with van der Waals surface area (Å²) in [7, 11) is 2.05. The minimum absolute atomic E-state index is 0. The summed E-state index contributed by atoms with van der Waals surface area (Å²) in [5.41, 5.74) is 0.834. The maximum atomic E-state index is 13.3. The molecule has 2 aromatic rings. The van der Waals surface area contributed by atoms with Crippen molar-refractivity contribution >= 4 is 12.4 Å². The average Bonchev–Trinajstić information content (AvgIpc) is 2.96. The Kier molecular flexibility index (Phi) is 5.50. The van der Waals surface area contributed by atoms with E-state index in [2.05, 4.69) is 27.4 Å². The topological polar surface area (TPSA) is 54.2 Å². The quantitative estimate of drug-likeness (QED) is 0.938. The molecule has 2 heterocycles. The zero-order valence-corrected chi connectivity index (χ0v) is 13.4. The van der Waals surface area contributed by atoms with Crippen molar-refractivity contribution in [2.45, 2.75) is 18.9 Å². The zero-order valence-electron chi connectivity index (χ0n) is 12.6. The maximum absolute atomic E-state index is 13.3. The van der Waals surface area contributed by atoms with Gasteiger partial charge in [0.1, 0.15) is 5.82 Å². The monoisotopic (exact) mass is 326 g/mol. The number of rotatable bonds is 3. The van der Waals surface area contributed by atoms with E-state index in [1.54, 1.807) is 6.07 Å². The summed E-state index contributed by atoms with van der Waals surface area (Å²) >= 11 is 0. The second-order valence-corrected chi connectivity index (χ2v) is 5.47. The molecule has 1 N–H and O–H groups in total. The van der Waals surface area contributed by atoms with Crippen molar-refractivity contribution in [2.24, 2.45) is 0 Å². The highest BCUT2D eigenvalue weighted by Gasteiger charge is 2.26. The first-order valence-electron chi connectivity index (χ1n) is 7.15. The molecule has 5 nitrogen and oxygen atoms in total. The van der Waals surface area contributed by atoms with Gasteiger partial charge >= 0.3 is 0 Å². The van der Waals surface area contributed by atoms with Crippen LogP contribution in [0.15, 0.2) is 28.8 Å². The molecule has 1 aromatic heterocycles. The lowest BCUT2D eigenvalue weighted by Crippen LogP contribution is -2.44. The lowest BCUT2D eigenvalue weighted by Gasteiger charge is -2.30. The van der Waals surface area contributed by atoms with E-state index in [0.29, 0.717) is 11.7 Å². The van der Waals surface area contributed by atoms with Crippen molar-refractivity contribution in [3.05, 3.63) is 47.4 Å². The van der Waals surface area contributed by atoms with Crippen LogP contribution >= 0.6 is 12.4 Å². The van der Waals surface area contributed by atoms with Crippen LogP contribution in [0.4, 0.5) is 4.39 Å². The smallest absolute Gasteiger partial charge is 0.233 e. The Morgan fingerprint density at radius 2 is 2.27 bits per heavy atom. The molecule has 1 fully saturated rings. The van der Waals surface area contributed by atoms with Crippen LogP contribution in [0.3, 0.4) is 0 Å². The number of nitrogens with zero attached hydrogens (tertiary/aromatic N) is 3. The first-order valence-corrected chi connectivity index (χ1v) is 7.15.